The van der Waals surface area contributed by atoms with Crippen molar-refractivity contribution < 1.29 is 4.42 Å². The highest BCUT2D eigenvalue weighted by molar-refractivity contribution is 5.16. The molecule has 0 atom stereocenters. The molecule has 1 heterocycles. The van der Waals surface area contributed by atoms with Gasteiger partial charge in [-0.3, -0.25) is 4.90 Å². The summed E-state index contributed by atoms with van der Waals surface area (Å²) < 4.78 is 5.66. The summed E-state index contributed by atoms with van der Waals surface area (Å²) in [5.74, 6) is 1.81. The molecule has 0 unspecified atom stereocenters. The average molecular weight is 266 g/mol. The minimum absolute atomic E-state index is 0.687. The summed E-state index contributed by atoms with van der Waals surface area (Å²) in [4.78, 5) is 2.48. The van der Waals surface area contributed by atoms with Crippen molar-refractivity contribution in [3.8, 4) is 0 Å². The largest absolute Gasteiger partial charge is 0.468 e. The Balaban J connectivity index is 2.50. The van der Waals surface area contributed by atoms with E-state index in [9.17, 15) is 0 Å². The quantitative estimate of drug-likeness (QED) is 0.701. The normalized spacial score (nSPS) is 11.7. The van der Waals surface area contributed by atoms with Crippen LogP contribution in [0.5, 0.6) is 0 Å². The van der Waals surface area contributed by atoms with Gasteiger partial charge in [-0.05, 0) is 44.5 Å². The molecule has 1 aromatic heterocycles. The second-order valence-electron chi connectivity index (χ2n) is 5.67. The maximum atomic E-state index is 5.66. The van der Waals surface area contributed by atoms with Gasteiger partial charge in [-0.15, -0.1) is 0 Å². The number of nitrogens with zero attached hydrogens (tertiary/aromatic N) is 1. The summed E-state index contributed by atoms with van der Waals surface area (Å²) in [5, 5.41) is 3.49. The van der Waals surface area contributed by atoms with Crippen LogP contribution in [-0.2, 0) is 13.1 Å². The van der Waals surface area contributed by atoms with Gasteiger partial charge in [-0.25, -0.2) is 0 Å². The SMILES string of the molecule is CCCN(CCC)Cc1occc1CNCC(C)C. The Labute approximate surface area is 118 Å². The van der Waals surface area contributed by atoms with Gasteiger partial charge in [0.05, 0.1) is 12.8 Å². The highest BCUT2D eigenvalue weighted by atomic mass is 16.3. The van der Waals surface area contributed by atoms with Crippen LogP contribution in [0.25, 0.3) is 0 Å². The highest BCUT2D eigenvalue weighted by Gasteiger charge is 2.11. The molecule has 19 heavy (non-hydrogen) atoms. The molecule has 0 saturated carbocycles. The van der Waals surface area contributed by atoms with Crippen molar-refractivity contribution in [2.24, 2.45) is 5.92 Å². The first-order chi connectivity index (χ1) is 9.17. The van der Waals surface area contributed by atoms with Crippen LogP contribution >= 0.6 is 0 Å². The number of furan rings is 1. The van der Waals surface area contributed by atoms with Crippen molar-refractivity contribution in [3.05, 3.63) is 23.7 Å². The van der Waals surface area contributed by atoms with E-state index in [4.69, 9.17) is 4.42 Å². The molecule has 0 radical (unpaired) electrons. The maximum absolute atomic E-state index is 5.66. The molecule has 1 N–H and O–H groups in total. The van der Waals surface area contributed by atoms with Crippen LogP contribution in [-0.4, -0.2) is 24.5 Å². The first kappa shape index (κ1) is 16.3. The zero-order valence-electron chi connectivity index (χ0n) is 13.0. The molecule has 1 rings (SSSR count). The molecule has 0 bridgehead atoms. The molecule has 0 aliphatic rings. The molecule has 0 aliphatic heterocycles. The van der Waals surface area contributed by atoms with Crippen LogP contribution in [0.2, 0.25) is 0 Å². The smallest absolute Gasteiger partial charge is 0.122 e. The van der Waals surface area contributed by atoms with Crippen LogP contribution in [0.3, 0.4) is 0 Å². The minimum atomic E-state index is 0.687. The van der Waals surface area contributed by atoms with Gasteiger partial charge in [-0.2, -0.15) is 0 Å². The van der Waals surface area contributed by atoms with E-state index >= 15 is 0 Å². The van der Waals surface area contributed by atoms with E-state index in [1.807, 2.05) is 6.26 Å². The Hall–Kier alpha value is -0.800. The second-order valence-corrected chi connectivity index (χ2v) is 5.67. The number of nitrogens with one attached hydrogen (secondary N) is 1. The zero-order chi connectivity index (χ0) is 14.1. The zero-order valence-corrected chi connectivity index (χ0v) is 13.0. The summed E-state index contributed by atoms with van der Waals surface area (Å²) >= 11 is 0. The molecule has 0 aromatic carbocycles. The highest BCUT2D eigenvalue weighted by Crippen LogP contribution is 2.14. The standard InChI is InChI=1S/C16H30N2O/c1-5-8-18(9-6-2)13-16-15(7-10-19-16)12-17-11-14(3)4/h7,10,14,17H,5-6,8-9,11-13H2,1-4H3. The van der Waals surface area contributed by atoms with E-state index in [1.54, 1.807) is 0 Å². The monoisotopic (exact) mass is 266 g/mol. The van der Waals surface area contributed by atoms with Gasteiger partial charge in [-0.1, -0.05) is 27.7 Å². The van der Waals surface area contributed by atoms with Crippen LogP contribution in [0.1, 0.15) is 51.9 Å². The average Bonchev–Trinajstić information content (AvgIpc) is 2.77. The lowest BCUT2D eigenvalue weighted by molar-refractivity contribution is 0.243. The number of hydrogen-bond acceptors (Lipinski definition) is 3. The van der Waals surface area contributed by atoms with Crippen molar-refractivity contribution >= 4 is 0 Å². The van der Waals surface area contributed by atoms with Crippen molar-refractivity contribution in [1.29, 1.82) is 0 Å². The van der Waals surface area contributed by atoms with Crippen LogP contribution in [0.4, 0.5) is 0 Å². The molecular formula is C16H30N2O. The van der Waals surface area contributed by atoms with E-state index in [0.717, 1.165) is 38.5 Å². The van der Waals surface area contributed by atoms with Gasteiger partial charge < -0.3 is 9.73 Å². The molecule has 1 aromatic rings. The van der Waals surface area contributed by atoms with E-state index in [-0.39, 0.29) is 0 Å². The van der Waals surface area contributed by atoms with Crippen molar-refractivity contribution in [2.45, 2.75) is 53.6 Å². The first-order valence-corrected chi connectivity index (χ1v) is 7.65. The van der Waals surface area contributed by atoms with Gasteiger partial charge in [0.15, 0.2) is 0 Å². The lowest BCUT2D eigenvalue weighted by Gasteiger charge is -2.20. The summed E-state index contributed by atoms with van der Waals surface area (Å²) in [6.45, 7) is 14.1. The Kier molecular flexibility index (Phi) is 7.84. The fraction of sp³-hybridized carbons (Fsp3) is 0.750. The fourth-order valence-corrected chi connectivity index (χ4v) is 2.26. The lowest BCUT2D eigenvalue weighted by Crippen LogP contribution is -2.26. The number of rotatable bonds is 10. The predicted molar refractivity (Wildman–Crippen MR) is 81.1 cm³/mol. The molecule has 0 fully saturated rings. The topological polar surface area (TPSA) is 28.4 Å². The molecule has 0 amide bonds. The minimum Gasteiger partial charge on any atom is -0.468 e. The van der Waals surface area contributed by atoms with Gasteiger partial charge in [0.1, 0.15) is 5.76 Å². The predicted octanol–water partition coefficient (Wildman–Crippen LogP) is 3.65. The molecule has 110 valence electrons. The van der Waals surface area contributed by atoms with Crippen LogP contribution in [0.15, 0.2) is 16.7 Å². The van der Waals surface area contributed by atoms with Gasteiger partial charge in [0, 0.05) is 12.1 Å². The first-order valence-electron chi connectivity index (χ1n) is 7.65. The number of hydrogen-bond donors (Lipinski definition) is 1. The van der Waals surface area contributed by atoms with Gasteiger partial charge >= 0.3 is 0 Å². The van der Waals surface area contributed by atoms with Crippen molar-refractivity contribution in [1.82, 2.24) is 10.2 Å². The molecule has 3 nitrogen and oxygen atoms in total. The Morgan fingerprint density at radius 2 is 1.89 bits per heavy atom. The van der Waals surface area contributed by atoms with Crippen molar-refractivity contribution in [3.63, 3.8) is 0 Å². The molecular weight excluding hydrogens is 236 g/mol. The molecule has 3 heteroatoms. The van der Waals surface area contributed by atoms with Crippen LogP contribution in [0, 0.1) is 5.92 Å². The third-order valence-electron chi connectivity index (χ3n) is 3.15. The molecule has 0 saturated heterocycles. The summed E-state index contributed by atoms with van der Waals surface area (Å²) in [5.41, 5.74) is 1.30. The van der Waals surface area contributed by atoms with E-state index in [1.165, 1.54) is 18.4 Å². The third-order valence-corrected chi connectivity index (χ3v) is 3.15. The summed E-state index contributed by atoms with van der Waals surface area (Å²) in [6.07, 6.45) is 4.21. The molecule has 0 spiro atoms. The lowest BCUT2D eigenvalue weighted by atomic mass is 10.2. The third kappa shape index (κ3) is 6.26. The Morgan fingerprint density at radius 3 is 2.47 bits per heavy atom. The van der Waals surface area contributed by atoms with E-state index in [0.29, 0.717) is 5.92 Å². The maximum Gasteiger partial charge on any atom is 0.122 e. The van der Waals surface area contributed by atoms with Gasteiger partial charge in [0.2, 0.25) is 0 Å². The van der Waals surface area contributed by atoms with Crippen molar-refractivity contribution in [2.75, 3.05) is 19.6 Å². The van der Waals surface area contributed by atoms with E-state index < -0.39 is 0 Å². The van der Waals surface area contributed by atoms with Crippen LogP contribution < -0.4 is 5.32 Å². The molecule has 0 aliphatic carbocycles. The Morgan fingerprint density at radius 1 is 1.21 bits per heavy atom. The van der Waals surface area contributed by atoms with Gasteiger partial charge in [0.25, 0.3) is 0 Å². The Bertz CT molecular complexity index is 327. The summed E-state index contributed by atoms with van der Waals surface area (Å²) in [6, 6.07) is 2.10. The fourth-order valence-electron chi connectivity index (χ4n) is 2.26. The van der Waals surface area contributed by atoms with E-state index in [2.05, 4.69) is 44.0 Å². The summed E-state index contributed by atoms with van der Waals surface area (Å²) in [7, 11) is 0. The second kappa shape index (κ2) is 9.16.